The Morgan fingerprint density at radius 1 is 0.253 bits per heavy atom. The summed E-state index contributed by atoms with van der Waals surface area (Å²) >= 11 is 0. The smallest absolute Gasteiger partial charge is 0.145 e. The van der Waals surface area contributed by atoms with E-state index in [1.165, 1.54) is 89.0 Å². The van der Waals surface area contributed by atoms with Crippen LogP contribution in [0.15, 0.2) is 309 Å². The van der Waals surface area contributed by atoms with Crippen molar-refractivity contribution in [2.75, 3.05) is 9.80 Å². The molecule has 11 aromatic carbocycles. The maximum Gasteiger partial charge on any atom is 0.145 e. The standard InChI is InChI=1S/C73H52N2/c1-5-19-52(20-6-1)56-33-41-60(42-34-56)74(61-43-35-57(36-44-61)53-21-7-2-8-22-53)72(75(62-45-37-58(38-46-62)54-23-9-3-10-24-54)63-47-39-59(40-48-63)55-25-11-4-12-26-55)50-49-67-66-29-15-18-32-70(66)73(71(67)51-72)68-30-16-13-27-64(68)65-28-14-17-31-69(65)73/h1-50H,51H2. The van der Waals surface area contributed by atoms with Crippen LogP contribution in [0.2, 0.25) is 0 Å². The first-order valence-corrected chi connectivity index (χ1v) is 26.1. The summed E-state index contributed by atoms with van der Waals surface area (Å²) in [6.07, 6.45) is 5.65. The van der Waals surface area contributed by atoms with Crippen LogP contribution < -0.4 is 9.80 Å². The number of benzene rings is 11. The predicted molar refractivity (Wildman–Crippen MR) is 313 cm³/mol. The summed E-state index contributed by atoms with van der Waals surface area (Å²) in [4.78, 5) is 5.27. The topological polar surface area (TPSA) is 6.48 Å². The fraction of sp³-hybridized carbons (Fsp3) is 0.0411. The third-order valence-corrected chi connectivity index (χ3v) is 16.0. The predicted octanol–water partition coefficient (Wildman–Crippen LogP) is 18.8. The van der Waals surface area contributed by atoms with Gasteiger partial charge in [0.2, 0.25) is 0 Å². The largest absolute Gasteiger partial charge is 0.314 e. The maximum absolute atomic E-state index is 2.64. The number of allylic oxidation sites excluding steroid dienone is 2. The van der Waals surface area contributed by atoms with Crippen LogP contribution in [0, 0.1) is 0 Å². The molecule has 2 heteroatoms. The Bertz CT molecular complexity index is 3530. The molecule has 1 spiro atoms. The molecule has 0 heterocycles. The maximum atomic E-state index is 2.64. The highest BCUT2D eigenvalue weighted by Gasteiger charge is 2.57. The van der Waals surface area contributed by atoms with E-state index in [-0.39, 0.29) is 0 Å². The number of hydrogen-bond acceptors (Lipinski definition) is 2. The molecule has 11 aromatic rings. The van der Waals surface area contributed by atoms with E-state index in [0.717, 1.165) is 22.7 Å². The molecule has 0 bridgehead atoms. The number of fused-ring (bicyclic) bond motifs is 9. The second kappa shape index (κ2) is 18.2. The molecule has 354 valence electrons. The van der Waals surface area contributed by atoms with Gasteiger partial charge >= 0.3 is 0 Å². The molecule has 0 aliphatic heterocycles. The molecule has 0 fully saturated rings. The summed E-state index contributed by atoms with van der Waals surface area (Å²) in [5.74, 6) is 0. The van der Waals surface area contributed by atoms with Crippen molar-refractivity contribution < 1.29 is 0 Å². The van der Waals surface area contributed by atoms with Crippen LogP contribution in [-0.2, 0) is 5.41 Å². The molecule has 0 N–H and O–H groups in total. The van der Waals surface area contributed by atoms with Crippen LogP contribution in [0.25, 0.3) is 61.2 Å². The Morgan fingerprint density at radius 3 is 0.853 bits per heavy atom. The minimum Gasteiger partial charge on any atom is -0.314 e. The number of rotatable bonds is 10. The molecule has 75 heavy (non-hydrogen) atoms. The monoisotopic (exact) mass is 956 g/mol. The second-order valence-corrected chi connectivity index (χ2v) is 20.0. The second-order valence-electron chi connectivity index (χ2n) is 20.0. The molecule has 0 aromatic heterocycles. The van der Waals surface area contributed by atoms with Crippen LogP contribution in [0.5, 0.6) is 0 Å². The third kappa shape index (κ3) is 7.24. The van der Waals surface area contributed by atoms with Gasteiger partial charge in [0.25, 0.3) is 0 Å². The van der Waals surface area contributed by atoms with Gasteiger partial charge in [-0.2, -0.15) is 0 Å². The van der Waals surface area contributed by atoms with Crippen molar-refractivity contribution in [1.29, 1.82) is 0 Å². The summed E-state index contributed by atoms with van der Waals surface area (Å²) in [6, 6.07) is 107. The average molecular weight is 957 g/mol. The molecular weight excluding hydrogens is 905 g/mol. The van der Waals surface area contributed by atoms with Gasteiger partial charge in [-0.3, -0.25) is 0 Å². The van der Waals surface area contributed by atoms with Crippen molar-refractivity contribution in [3.05, 3.63) is 331 Å². The lowest BCUT2D eigenvalue weighted by Crippen LogP contribution is -2.58. The Morgan fingerprint density at radius 2 is 0.520 bits per heavy atom. The van der Waals surface area contributed by atoms with Crippen LogP contribution in [0.1, 0.15) is 28.7 Å². The van der Waals surface area contributed by atoms with E-state index in [1.807, 2.05) is 0 Å². The summed E-state index contributed by atoms with van der Waals surface area (Å²) in [7, 11) is 0. The van der Waals surface area contributed by atoms with Gasteiger partial charge in [-0.05, 0) is 144 Å². The highest BCUT2D eigenvalue weighted by Crippen LogP contribution is 2.65. The molecule has 0 radical (unpaired) electrons. The molecule has 0 saturated heterocycles. The molecule has 0 saturated carbocycles. The molecule has 0 unspecified atom stereocenters. The Balaban J connectivity index is 1.06. The van der Waals surface area contributed by atoms with E-state index in [9.17, 15) is 0 Å². The molecule has 3 aliphatic rings. The van der Waals surface area contributed by atoms with Crippen LogP contribution in [-0.4, -0.2) is 5.66 Å². The average Bonchev–Trinajstić information content (AvgIpc) is 4.03. The molecule has 3 aliphatic carbocycles. The van der Waals surface area contributed by atoms with Crippen molar-refractivity contribution >= 4 is 28.3 Å². The lowest BCUT2D eigenvalue weighted by atomic mass is 9.66. The normalized spacial score (nSPS) is 14.2. The summed E-state index contributed by atoms with van der Waals surface area (Å²) in [6.45, 7) is 0. The summed E-state index contributed by atoms with van der Waals surface area (Å²) in [5.41, 5.74) is 22.9. The fourth-order valence-electron chi connectivity index (χ4n) is 12.7. The van der Waals surface area contributed by atoms with Crippen LogP contribution in [0.4, 0.5) is 22.7 Å². The van der Waals surface area contributed by atoms with Crippen molar-refractivity contribution in [2.45, 2.75) is 17.5 Å². The highest BCUT2D eigenvalue weighted by atomic mass is 15.4. The van der Waals surface area contributed by atoms with E-state index in [0.29, 0.717) is 6.42 Å². The molecular formula is C73H52N2. The van der Waals surface area contributed by atoms with Gasteiger partial charge in [0.05, 0.1) is 5.41 Å². The lowest BCUT2D eigenvalue weighted by molar-refractivity contribution is 0.492. The van der Waals surface area contributed by atoms with E-state index < -0.39 is 11.1 Å². The van der Waals surface area contributed by atoms with Gasteiger partial charge in [0.1, 0.15) is 5.66 Å². The van der Waals surface area contributed by atoms with Crippen molar-refractivity contribution in [1.82, 2.24) is 0 Å². The van der Waals surface area contributed by atoms with Crippen molar-refractivity contribution in [2.24, 2.45) is 0 Å². The zero-order valence-corrected chi connectivity index (χ0v) is 41.5. The zero-order chi connectivity index (χ0) is 49.8. The Labute approximate surface area is 440 Å². The SMILES string of the molecule is C1=CC(N(c2ccc(-c3ccccc3)cc2)c2ccc(-c3ccccc3)cc2)(N(c2ccc(-c3ccccc3)cc2)c2ccc(-c3ccccc3)cc2)CC2=C1c1ccccc1C21c2ccccc2-c2ccccc21. The van der Waals surface area contributed by atoms with Gasteiger partial charge in [-0.15, -0.1) is 0 Å². The Kier molecular flexibility index (Phi) is 10.7. The van der Waals surface area contributed by atoms with Gasteiger partial charge < -0.3 is 9.80 Å². The molecule has 14 rings (SSSR count). The first-order chi connectivity index (χ1) is 37.2. The molecule has 0 atom stereocenters. The minimum absolute atomic E-state index is 0.546. The van der Waals surface area contributed by atoms with Gasteiger partial charge in [0, 0.05) is 29.2 Å². The minimum atomic E-state index is -0.897. The first-order valence-electron chi connectivity index (χ1n) is 26.1. The quantitative estimate of drug-likeness (QED) is 0.126. The van der Waals surface area contributed by atoms with Gasteiger partial charge in [-0.1, -0.05) is 249 Å². The number of anilines is 4. The van der Waals surface area contributed by atoms with Crippen molar-refractivity contribution in [3.8, 4) is 55.6 Å². The number of nitrogens with zero attached hydrogens (tertiary/aromatic N) is 2. The number of hydrogen-bond donors (Lipinski definition) is 0. The lowest BCUT2D eigenvalue weighted by Gasteiger charge is -2.54. The van der Waals surface area contributed by atoms with E-state index in [4.69, 9.17) is 0 Å². The molecule has 0 amide bonds. The van der Waals surface area contributed by atoms with Gasteiger partial charge in [0.15, 0.2) is 0 Å². The van der Waals surface area contributed by atoms with Crippen LogP contribution >= 0.6 is 0 Å². The third-order valence-electron chi connectivity index (χ3n) is 16.0. The zero-order valence-electron chi connectivity index (χ0n) is 41.5. The summed E-state index contributed by atoms with van der Waals surface area (Å²) < 4.78 is 0. The fourth-order valence-corrected chi connectivity index (χ4v) is 12.7. The van der Waals surface area contributed by atoms with Gasteiger partial charge in [-0.25, -0.2) is 0 Å². The van der Waals surface area contributed by atoms with E-state index in [2.05, 4.69) is 313 Å². The van der Waals surface area contributed by atoms with Crippen LogP contribution in [0.3, 0.4) is 0 Å². The first kappa shape index (κ1) is 44.2. The van der Waals surface area contributed by atoms with Crippen molar-refractivity contribution in [3.63, 3.8) is 0 Å². The van der Waals surface area contributed by atoms with E-state index in [1.54, 1.807) is 0 Å². The molecule has 2 nitrogen and oxygen atoms in total. The summed E-state index contributed by atoms with van der Waals surface area (Å²) in [5, 5.41) is 0. The highest BCUT2D eigenvalue weighted by molar-refractivity contribution is 5.98. The van der Waals surface area contributed by atoms with E-state index >= 15 is 0 Å². The Hall–Kier alpha value is -9.50.